The summed E-state index contributed by atoms with van der Waals surface area (Å²) in [5, 5.41) is 8.87. The van der Waals surface area contributed by atoms with Crippen LogP contribution in [0.1, 0.15) is 31.3 Å². The monoisotopic (exact) mass is 309 g/mol. The van der Waals surface area contributed by atoms with Crippen molar-refractivity contribution in [2.45, 2.75) is 33.9 Å². The smallest absolute Gasteiger partial charge is 0.185 e. The summed E-state index contributed by atoms with van der Waals surface area (Å²) in [6, 6.07) is 4.29. The zero-order chi connectivity index (χ0) is 14.4. The molecule has 2 heterocycles. The molecule has 0 radical (unpaired) electrons. The topological polar surface area (TPSA) is 28.2 Å². The maximum Gasteiger partial charge on any atom is 0.185 e. The predicted molar refractivity (Wildman–Crippen MR) is 89.7 cm³/mol. The third kappa shape index (κ3) is 4.58. The Bertz CT molecular complexity index is 491. The molecule has 0 aliphatic rings. The van der Waals surface area contributed by atoms with Crippen LogP contribution in [-0.4, -0.2) is 18.1 Å². The van der Waals surface area contributed by atoms with Crippen molar-refractivity contribution in [3.63, 3.8) is 0 Å². The van der Waals surface area contributed by atoms with Gasteiger partial charge < -0.3 is 10.2 Å². The van der Waals surface area contributed by atoms with Crippen LogP contribution in [0.15, 0.2) is 22.9 Å². The largest absolute Gasteiger partial charge is 0.343 e. The third-order valence-corrected chi connectivity index (χ3v) is 4.79. The first-order valence-corrected chi connectivity index (χ1v) is 8.87. The first kappa shape index (κ1) is 15.5. The summed E-state index contributed by atoms with van der Waals surface area (Å²) in [7, 11) is 0. The van der Waals surface area contributed by atoms with Gasteiger partial charge in [0.25, 0.3) is 0 Å². The lowest BCUT2D eigenvalue weighted by Crippen LogP contribution is -2.22. The molecule has 0 aliphatic heterocycles. The third-order valence-electron chi connectivity index (χ3n) is 2.98. The van der Waals surface area contributed by atoms with Gasteiger partial charge in [-0.15, -0.1) is 22.7 Å². The Morgan fingerprint density at radius 3 is 2.85 bits per heavy atom. The van der Waals surface area contributed by atoms with Crippen LogP contribution in [0.25, 0.3) is 0 Å². The second-order valence-electron chi connectivity index (χ2n) is 5.24. The number of anilines is 1. The van der Waals surface area contributed by atoms with Gasteiger partial charge in [0, 0.05) is 23.3 Å². The summed E-state index contributed by atoms with van der Waals surface area (Å²) in [6.07, 6.45) is 0. The van der Waals surface area contributed by atoms with Crippen LogP contribution in [0.2, 0.25) is 0 Å². The van der Waals surface area contributed by atoms with Crippen molar-refractivity contribution >= 4 is 27.8 Å². The van der Waals surface area contributed by atoms with Crippen molar-refractivity contribution in [3.05, 3.63) is 33.5 Å². The maximum atomic E-state index is 4.75. The van der Waals surface area contributed by atoms with Gasteiger partial charge in [0.05, 0.1) is 12.2 Å². The van der Waals surface area contributed by atoms with Crippen molar-refractivity contribution < 1.29 is 0 Å². The molecular formula is C15H23N3S2. The van der Waals surface area contributed by atoms with Crippen LogP contribution >= 0.6 is 22.7 Å². The number of nitrogens with zero attached hydrogens (tertiary/aromatic N) is 2. The number of hydrogen-bond donors (Lipinski definition) is 1. The Morgan fingerprint density at radius 1 is 1.35 bits per heavy atom. The van der Waals surface area contributed by atoms with E-state index in [0.29, 0.717) is 5.92 Å². The average Bonchev–Trinajstić information content (AvgIpc) is 3.06. The molecule has 0 amide bonds. The fourth-order valence-corrected chi connectivity index (χ4v) is 3.53. The summed E-state index contributed by atoms with van der Waals surface area (Å²) in [4.78, 5) is 8.47. The maximum absolute atomic E-state index is 4.75. The fraction of sp³-hybridized carbons (Fsp3) is 0.533. The molecule has 0 atom stereocenters. The minimum Gasteiger partial charge on any atom is -0.343 e. The highest BCUT2D eigenvalue weighted by Crippen LogP contribution is 2.23. The first-order chi connectivity index (χ1) is 9.69. The Kier molecular flexibility index (Phi) is 6.01. The Labute approximate surface area is 129 Å². The fourth-order valence-electron chi connectivity index (χ4n) is 1.92. The molecule has 0 saturated carbocycles. The highest BCUT2D eigenvalue weighted by Gasteiger charge is 2.10. The number of aromatic nitrogens is 1. The molecule has 110 valence electrons. The Morgan fingerprint density at radius 2 is 2.20 bits per heavy atom. The molecule has 0 aliphatic carbocycles. The van der Waals surface area contributed by atoms with Crippen LogP contribution < -0.4 is 10.2 Å². The zero-order valence-electron chi connectivity index (χ0n) is 12.4. The Balaban J connectivity index is 1.92. The summed E-state index contributed by atoms with van der Waals surface area (Å²) in [5.74, 6) is 0.680. The SMILES string of the molecule is CCN(Cc1cccs1)c1nc(CNCC(C)C)cs1. The van der Waals surface area contributed by atoms with Crippen molar-refractivity contribution in [2.24, 2.45) is 5.92 Å². The van der Waals surface area contributed by atoms with Gasteiger partial charge in [-0.1, -0.05) is 19.9 Å². The van der Waals surface area contributed by atoms with Crippen LogP contribution in [0, 0.1) is 5.92 Å². The minimum absolute atomic E-state index is 0.680. The van der Waals surface area contributed by atoms with Crippen LogP contribution in [0.5, 0.6) is 0 Å². The number of thiazole rings is 1. The number of hydrogen-bond acceptors (Lipinski definition) is 5. The van der Waals surface area contributed by atoms with E-state index in [1.807, 2.05) is 11.3 Å². The second kappa shape index (κ2) is 7.76. The van der Waals surface area contributed by atoms with E-state index in [2.05, 4.69) is 53.9 Å². The van der Waals surface area contributed by atoms with Gasteiger partial charge in [0.1, 0.15) is 0 Å². The average molecular weight is 310 g/mol. The summed E-state index contributed by atoms with van der Waals surface area (Å²) in [5.41, 5.74) is 1.15. The second-order valence-corrected chi connectivity index (χ2v) is 7.11. The molecule has 2 aromatic heterocycles. The van der Waals surface area contributed by atoms with E-state index in [4.69, 9.17) is 4.98 Å². The van der Waals surface area contributed by atoms with E-state index in [1.54, 1.807) is 11.3 Å². The summed E-state index contributed by atoms with van der Waals surface area (Å²) < 4.78 is 0. The van der Waals surface area contributed by atoms with E-state index in [0.717, 1.165) is 37.0 Å². The van der Waals surface area contributed by atoms with E-state index in [9.17, 15) is 0 Å². The van der Waals surface area contributed by atoms with Gasteiger partial charge in [-0.25, -0.2) is 4.98 Å². The molecule has 1 N–H and O–H groups in total. The lowest BCUT2D eigenvalue weighted by molar-refractivity contribution is 0.549. The van der Waals surface area contributed by atoms with Gasteiger partial charge in [0.15, 0.2) is 5.13 Å². The molecule has 0 aromatic carbocycles. The molecule has 3 nitrogen and oxygen atoms in total. The molecule has 20 heavy (non-hydrogen) atoms. The first-order valence-electron chi connectivity index (χ1n) is 7.11. The molecule has 2 rings (SSSR count). The van der Waals surface area contributed by atoms with Crippen LogP contribution in [-0.2, 0) is 13.1 Å². The molecule has 2 aromatic rings. The molecular weight excluding hydrogens is 286 g/mol. The molecule has 0 spiro atoms. The van der Waals surface area contributed by atoms with Crippen molar-refractivity contribution in [2.75, 3.05) is 18.0 Å². The summed E-state index contributed by atoms with van der Waals surface area (Å²) >= 11 is 3.55. The highest BCUT2D eigenvalue weighted by atomic mass is 32.1. The molecule has 0 bridgehead atoms. The highest BCUT2D eigenvalue weighted by molar-refractivity contribution is 7.13. The van der Waals surface area contributed by atoms with Gasteiger partial charge >= 0.3 is 0 Å². The normalized spacial score (nSPS) is 11.2. The number of nitrogens with one attached hydrogen (secondary N) is 1. The summed E-state index contributed by atoms with van der Waals surface area (Å²) in [6.45, 7) is 10.5. The van der Waals surface area contributed by atoms with Gasteiger partial charge in [-0.2, -0.15) is 0 Å². The van der Waals surface area contributed by atoms with E-state index < -0.39 is 0 Å². The van der Waals surface area contributed by atoms with E-state index >= 15 is 0 Å². The quantitative estimate of drug-likeness (QED) is 0.799. The van der Waals surface area contributed by atoms with Gasteiger partial charge in [-0.3, -0.25) is 0 Å². The molecule has 0 fully saturated rings. The number of rotatable bonds is 8. The zero-order valence-corrected chi connectivity index (χ0v) is 14.1. The minimum atomic E-state index is 0.680. The van der Waals surface area contributed by atoms with Gasteiger partial charge in [-0.05, 0) is 30.8 Å². The van der Waals surface area contributed by atoms with Crippen molar-refractivity contribution in [3.8, 4) is 0 Å². The molecule has 0 saturated heterocycles. The van der Waals surface area contributed by atoms with Gasteiger partial charge in [0.2, 0.25) is 0 Å². The van der Waals surface area contributed by atoms with E-state index in [-0.39, 0.29) is 0 Å². The lowest BCUT2D eigenvalue weighted by Gasteiger charge is -2.18. The molecule has 0 unspecified atom stereocenters. The lowest BCUT2D eigenvalue weighted by atomic mass is 10.2. The Hall–Kier alpha value is -0.910. The van der Waals surface area contributed by atoms with Crippen LogP contribution in [0.3, 0.4) is 0 Å². The van der Waals surface area contributed by atoms with Crippen molar-refractivity contribution in [1.82, 2.24) is 10.3 Å². The van der Waals surface area contributed by atoms with Crippen molar-refractivity contribution in [1.29, 1.82) is 0 Å². The van der Waals surface area contributed by atoms with Crippen LogP contribution in [0.4, 0.5) is 5.13 Å². The number of thiophene rings is 1. The van der Waals surface area contributed by atoms with E-state index in [1.165, 1.54) is 4.88 Å². The standard InChI is InChI=1S/C15H23N3S2/c1-4-18(10-14-6-5-7-19-14)15-17-13(11-20-15)9-16-8-12(2)3/h5-7,11-12,16H,4,8-10H2,1-3H3. The predicted octanol–water partition coefficient (Wildman–Crippen LogP) is 3.98. The molecule has 5 heteroatoms.